The number of hydrogen-bond donors (Lipinski definition) is 2. The Labute approximate surface area is 103 Å². The Morgan fingerprint density at radius 2 is 2.06 bits per heavy atom. The highest BCUT2D eigenvalue weighted by Gasteiger charge is 2.13. The molecule has 0 spiro atoms. The molecular weight excluding hydrogens is 216 g/mol. The Kier molecular flexibility index (Phi) is 4.69. The predicted octanol–water partition coefficient (Wildman–Crippen LogP) is 0.744. The van der Waals surface area contributed by atoms with E-state index in [2.05, 4.69) is 29.6 Å². The molecule has 0 aromatic carbocycles. The largest absolute Gasteiger partial charge is 0.358 e. The van der Waals surface area contributed by atoms with Crippen LogP contribution in [0.25, 0.3) is 0 Å². The molecule has 0 aliphatic rings. The Morgan fingerprint density at radius 3 is 2.59 bits per heavy atom. The van der Waals surface area contributed by atoms with Crippen LogP contribution in [0.15, 0.2) is 0 Å². The zero-order valence-electron chi connectivity index (χ0n) is 11.3. The molecule has 0 unspecified atom stereocenters. The van der Waals surface area contributed by atoms with Crippen molar-refractivity contribution in [1.82, 2.24) is 20.4 Å². The summed E-state index contributed by atoms with van der Waals surface area (Å²) in [6, 6.07) is 0.441. The van der Waals surface area contributed by atoms with E-state index in [4.69, 9.17) is 0 Å². The van der Waals surface area contributed by atoms with Gasteiger partial charge in [-0.15, -0.1) is 0 Å². The number of carbonyl (C=O) groups excluding carboxylic acids is 1. The summed E-state index contributed by atoms with van der Waals surface area (Å²) in [6.07, 6.45) is 0. The van der Waals surface area contributed by atoms with E-state index in [0.29, 0.717) is 6.04 Å². The van der Waals surface area contributed by atoms with Crippen LogP contribution in [0, 0.1) is 13.8 Å². The van der Waals surface area contributed by atoms with Gasteiger partial charge in [0.2, 0.25) is 5.91 Å². The first-order chi connectivity index (χ1) is 7.95. The first kappa shape index (κ1) is 13.7. The smallest absolute Gasteiger partial charge is 0.241 e. The molecule has 17 heavy (non-hydrogen) atoms. The maximum absolute atomic E-state index is 11.3. The molecule has 5 heteroatoms. The number of nitrogens with one attached hydrogen (secondary N) is 2. The van der Waals surface area contributed by atoms with E-state index >= 15 is 0 Å². The van der Waals surface area contributed by atoms with Gasteiger partial charge in [-0.05, 0) is 13.8 Å². The summed E-state index contributed by atoms with van der Waals surface area (Å²) in [7, 11) is 1.63. The van der Waals surface area contributed by atoms with Gasteiger partial charge < -0.3 is 10.6 Å². The van der Waals surface area contributed by atoms with E-state index in [0.717, 1.165) is 17.9 Å². The highest BCUT2D eigenvalue weighted by molar-refractivity contribution is 5.75. The summed E-state index contributed by atoms with van der Waals surface area (Å²) < 4.78 is 1.76. The Bertz CT molecular complexity index is 395. The van der Waals surface area contributed by atoms with E-state index in [-0.39, 0.29) is 12.5 Å². The molecule has 0 radical (unpaired) electrons. The van der Waals surface area contributed by atoms with Gasteiger partial charge in [0.15, 0.2) is 0 Å². The van der Waals surface area contributed by atoms with Gasteiger partial charge >= 0.3 is 0 Å². The van der Waals surface area contributed by atoms with Crippen LogP contribution in [0.1, 0.15) is 30.8 Å². The van der Waals surface area contributed by atoms with Crippen molar-refractivity contribution in [3.63, 3.8) is 0 Å². The highest BCUT2D eigenvalue weighted by atomic mass is 16.1. The molecule has 0 fully saturated rings. The van der Waals surface area contributed by atoms with Crippen molar-refractivity contribution in [1.29, 1.82) is 0 Å². The van der Waals surface area contributed by atoms with Crippen LogP contribution in [0.5, 0.6) is 0 Å². The molecule has 1 heterocycles. The fourth-order valence-electron chi connectivity index (χ4n) is 1.67. The lowest BCUT2D eigenvalue weighted by Gasteiger charge is -2.08. The standard InChI is InChI=1S/C12H22N4O/c1-8(2)14-6-11-9(3)15-16(10(11)4)7-12(17)13-5/h8,14H,6-7H2,1-5H3,(H,13,17). The summed E-state index contributed by atoms with van der Waals surface area (Å²) in [4.78, 5) is 11.3. The van der Waals surface area contributed by atoms with Crippen LogP contribution < -0.4 is 10.6 Å². The topological polar surface area (TPSA) is 59.0 Å². The summed E-state index contributed by atoms with van der Waals surface area (Å²) in [5.74, 6) is -0.0287. The van der Waals surface area contributed by atoms with Crippen LogP contribution in [-0.4, -0.2) is 28.8 Å². The van der Waals surface area contributed by atoms with Crippen molar-refractivity contribution in [3.8, 4) is 0 Å². The predicted molar refractivity (Wildman–Crippen MR) is 67.7 cm³/mol. The first-order valence-electron chi connectivity index (χ1n) is 5.92. The van der Waals surface area contributed by atoms with Crippen LogP contribution in [0.3, 0.4) is 0 Å². The van der Waals surface area contributed by atoms with Gasteiger partial charge in [-0.25, -0.2) is 0 Å². The number of likely N-dealkylation sites (N-methyl/N-ethyl adjacent to an activating group) is 1. The molecule has 0 saturated heterocycles. The SMILES string of the molecule is CNC(=O)Cn1nc(C)c(CNC(C)C)c1C. The summed E-state index contributed by atoms with van der Waals surface area (Å²) in [6.45, 7) is 9.28. The molecule has 2 N–H and O–H groups in total. The number of rotatable bonds is 5. The van der Waals surface area contributed by atoms with Crippen LogP contribution in [-0.2, 0) is 17.9 Å². The third-order valence-corrected chi connectivity index (χ3v) is 2.79. The van der Waals surface area contributed by atoms with Crippen molar-refractivity contribution in [3.05, 3.63) is 17.0 Å². The number of hydrogen-bond acceptors (Lipinski definition) is 3. The summed E-state index contributed by atoms with van der Waals surface area (Å²) >= 11 is 0. The average molecular weight is 238 g/mol. The minimum Gasteiger partial charge on any atom is -0.358 e. The first-order valence-corrected chi connectivity index (χ1v) is 5.92. The molecule has 0 saturated carbocycles. The molecule has 1 rings (SSSR count). The van der Waals surface area contributed by atoms with Crippen LogP contribution in [0.2, 0.25) is 0 Å². The number of aryl methyl sites for hydroxylation is 1. The second kappa shape index (κ2) is 5.82. The molecule has 0 atom stereocenters. The fraction of sp³-hybridized carbons (Fsp3) is 0.667. The van der Waals surface area contributed by atoms with Crippen molar-refractivity contribution < 1.29 is 4.79 Å². The highest BCUT2D eigenvalue weighted by Crippen LogP contribution is 2.12. The maximum atomic E-state index is 11.3. The van der Waals surface area contributed by atoms with E-state index in [1.807, 2.05) is 13.8 Å². The number of amides is 1. The average Bonchev–Trinajstić information content (AvgIpc) is 2.51. The molecule has 0 aliphatic carbocycles. The van der Waals surface area contributed by atoms with Crippen LogP contribution >= 0.6 is 0 Å². The molecule has 0 aliphatic heterocycles. The van der Waals surface area contributed by atoms with E-state index in [9.17, 15) is 4.79 Å². The number of aromatic nitrogens is 2. The van der Waals surface area contributed by atoms with Gasteiger partial charge in [-0.1, -0.05) is 13.8 Å². The Balaban J connectivity index is 2.82. The third-order valence-electron chi connectivity index (χ3n) is 2.79. The minimum atomic E-state index is -0.0287. The maximum Gasteiger partial charge on any atom is 0.241 e. The lowest BCUT2D eigenvalue weighted by atomic mass is 10.2. The molecule has 1 aromatic rings. The zero-order valence-corrected chi connectivity index (χ0v) is 11.3. The molecule has 1 amide bonds. The molecule has 96 valence electrons. The summed E-state index contributed by atoms with van der Waals surface area (Å²) in [5.41, 5.74) is 3.22. The van der Waals surface area contributed by atoms with Gasteiger partial charge in [0.1, 0.15) is 6.54 Å². The molecule has 0 bridgehead atoms. The third kappa shape index (κ3) is 3.56. The fourth-order valence-corrected chi connectivity index (χ4v) is 1.67. The monoisotopic (exact) mass is 238 g/mol. The van der Waals surface area contributed by atoms with E-state index in [1.165, 1.54) is 5.56 Å². The van der Waals surface area contributed by atoms with Crippen LogP contribution in [0.4, 0.5) is 0 Å². The lowest BCUT2D eigenvalue weighted by Crippen LogP contribution is -2.25. The minimum absolute atomic E-state index is 0.0287. The molecule has 5 nitrogen and oxygen atoms in total. The zero-order chi connectivity index (χ0) is 13.0. The van der Waals surface area contributed by atoms with Crippen molar-refractivity contribution >= 4 is 5.91 Å². The van der Waals surface area contributed by atoms with Gasteiger partial charge in [0.05, 0.1) is 5.69 Å². The number of nitrogens with zero attached hydrogens (tertiary/aromatic N) is 2. The normalized spacial score (nSPS) is 10.9. The Hall–Kier alpha value is -1.36. The van der Waals surface area contributed by atoms with Crippen molar-refractivity contribution in [2.75, 3.05) is 7.05 Å². The van der Waals surface area contributed by atoms with Gasteiger partial charge in [-0.3, -0.25) is 9.48 Å². The summed E-state index contributed by atoms with van der Waals surface area (Å²) in [5, 5.41) is 10.4. The number of carbonyl (C=O) groups is 1. The van der Waals surface area contributed by atoms with E-state index < -0.39 is 0 Å². The molecule has 1 aromatic heterocycles. The Morgan fingerprint density at radius 1 is 1.41 bits per heavy atom. The second-order valence-corrected chi connectivity index (χ2v) is 4.52. The van der Waals surface area contributed by atoms with Crippen molar-refractivity contribution in [2.24, 2.45) is 0 Å². The lowest BCUT2D eigenvalue weighted by molar-refractivity contribution is -0.121. The van der Waals surface area contributed by atoms with Gasteiger partial charge in [-0.2, -0.15) is 5.10 Å². The van der Waals surface area contributed by atoms with Gasteiger partial charge in [0, 0.05) is 30.9 Å². The second-order valence-electron chi connectivity index (χ2n) is 4.52. The molecular formula is C12H22N4O. The van der Waals surface area contributed by atoms with Gasteiger partial charge in [0.25, 0.3) is 0 Å². The quantitative estimate of drug-likeness (QED) is 0.795. The van der Waals surface area contributed by atoms with E-state index in [1.54, 1.807) is 11.7 Å². The van der Waals surface area contributed by atoms with Crippen molar-refractivity contribution in [2.45, 2.75) is 46.8 Å².